The van der Waals surface area contributed by atoms with Gasteiger partial charge in [0.1, 0.15) is 0 Å². The van der Waals surface area contributed by atoms with Crippen molar-refractivity contribution in [1.29, 1.82) is 0 Å². The van der Waals surface area contributed by atoms with Gasteiger partial charge in [0.15, 0.2) is 0 Å². The first-order chi connectivity index (χ1) is 13.6. The van der Waals surface area contributed by atoms with Crippen molar-refractivity contribution in [1.82, 2.24) is 15.3 Å². The Kier molecular flexibility index (Phi) is 5.17. The van der Waals surface area contributed by atoms with Crippen LogP contribution in [-0.2, 0) is 0 Å². The van der Waals surface area contributed by atoms with Gasteiger partial charge in [-0.15, -0.1) is 11.3 Å². The summed E-state index contributed by atoms with van der Waals surface area (Å²) in [5.74, 6) is 0.189. The first-order valence-electron chi connectivity index (χ1n) is 9.29. The molecule has 3 aromatic heterocycles. The van der Waals surface area contributed by atoms with E-state index in [-0.39, 0.29) is 17.9 Å². The molecule has 4 aromatic rings. The third kappa shape index (κ3) is 3.66. The van der Waals surface area contributed by atoms with Gasteiger partial charge in [-0.25, -0.2) is 4.98 Å². The van der Waals surface area contributed by atoms with E-state index in [1.54, 1.807) is 17.5 Å². The third-order valence-corrected chi connectivity index (χ3v) is 5.65. The summed E-state index contributed by atoms with van der Waals surface area (Å²) in [4.78, 5) is 23.6. The molecule has 28 heavy (non-hydrogen) atoms. The van der Waals surface area contributed by atoms with E-state index in [9.17, 15) is 4.79 Å². The van der Waals surface area contributed by atoms with Crippen molar-refractivity contribution in [2.24, 2.45) is 5.92 Å². The summed E-state index contributed by atoms with van der Waals surface area (Å²) in [5.41, 5.74) is 2.85. The molecule has 140 valence electrons. The summed E-state index contributed by atoms with van der Waals surface area (Å²) in [6, 6.07) is 19.3. The van der Waals surface area contributed by atoms with Crippen LogP contribution in [0.15, 0.2) is 72.2 Å². The number of hydrogen-bond acceptors (Lipinski definition) is 4. The van der Waals surface area contributed by atoms with E-state index in [1.807, 2.05) is 60.0 Å². The van der Waals surface area contributed by atoms with Crippen LogP contribution in [-0.4, -0.2) is 15.9 Å². The predicted molar refractivity (Wildman–Crippen MR) is 114 cm³/mol. The van der Waals surface area contributed by atoms with E-state index in [1.165, 1.54) is 0 Å². The molecule has 5 heteroatoms. The monoisotopic (exact) mass is 387 g/mol. The molecule has 3 heterocycles. The molecule has 0 bridgehead atoms. The van der Waals surface area contributed by atoms with E-state index in [0.717, 1.165) is 21.5 Å². The van der Waals surface area contributed by atoms with Gasteiger partial charge < -0.3 is 5.32 Å². The molecule has 0 unspecified atom stereocenters. The van der Waals surface area contributed by atoms with E-state index >= 15 is 0 Å². The number of para-hydroxylation sites is 1. The second kappa shape index (κ2) is 7.90. The average molecular weight is 388 g/mol. The maximum Gasteiger partial charge on any atom is 0.252 e. The van der Waals surface area contributed by atoms with Gasteiger partial charge in [-0.2, -0.15) is 0 Å². The number of fused-ring (bicyclic) bond motifs is 1. The highest BCUT2D eigenvalue weighted by atomic mass is 32.1. The Hall–Kier alpha value is -3.05. The van der Waals surface area contributed by atoms with E-state index in [4.69, 9.17) is 4.98 Å². The van der Waals surface area contributed by atoms with Crippen LogP contribution in [0.5, 0.6) is 0 Å². The number of carbonyl (C=O) groups is 1. The van der Waals surface area contributed by atoms with Crippen molar-refractivity contribution < 1.29 is 4.79 Å². The molecule has 1 aromatic carbocycles. The zero-order valence-corrected chi connectivity index (χ0v) is 16.6. The number of pyridine rings is 2. The molecule has 0 aliphatic heterocycles. The van der Waals surface area contributed by atoms with Crippen LogP contribution >= 0.6 is 11.3 Å². The topological polar surface area (TPSA) is 54.9 Å². The molecule has 0 aliphatic carbocycles. The smallest absolute Gasteiger partial charge is 0.252 e. The maximum absolute atomic E-state index is 13.3. The van der Waals surface area contributed by atoms with Crippen LogP contribution in [0.2, 0.25) is 0 Å². The number of thiophene rings is 1. The largest absolute Gasteiger partial charge is 0.344 e. The molecule has 1 atom stereocenters. The van der Waals surface area contributed by atoms with Crippen molar-refractivity contribution in [2.75, 3.05) is 0 Å². The Bertz CT molecular complexity index is 1090. The summed E-state index contributed by atoms with van der Waals surface area (Å²) < 4.78 is 0. The number of hydrogen-bond donors (Lipinski definition) is 1. The van der Waals surface area contributed by atoms with Crippen LogP contribution in [0.3, 0.4) is 0 Å². The fourth-order valence-corrected chi connectivity index (χ4v) is 4.21. The highest BCUT2D eigenvalue weighted by Gasteiger charge is 2.22. The number of carbonyl (C=O) groups excluding carboxylic acids is 1. The second-order valence-corrected chi connectivity index (χ2v) is 7.98. The molecule has 0 radical (unpaired) electrons. The molecule has 4 nitrogen and oxygen atoms in total. The van der Waals surface area contributed by atoms with Crippen LogP contribution in [0.1, 0.15) is 35.1 Å². The molecule has 0 aliphatic rings. The summed E-state index contributed by atoms with van der Waals surface area (Å²) in [5, 5.41) is 6.11. The Labute approximate surface area is 168 Å². The Balaban J connectivity index is 1.77. The Morgan fingerprint density at radius 3 is 2.54 bits per heavy atom. The summed E-state index contributed by atoms with van der Waals surface area (Å²) >= 11 is 1.66. The van der Waals surface area contributed by atoms with Crippen LogP contribution < -0.4 is 5.32 Å². The lowest BCUT2D eigenvalue weighted by Crippen LogP contribution is -2.31. The zero-order valence-electron chi connectivity index (χ0n) is 15.8. The van der Waals surface area contributed by atoms with Crippen molar-refractivity contribution in [3.05, 3.63) is 82.7 Å². The third-order valence-electron chi connectivity index (χ3n) is 4.69. The zero-order chi connectivity index (χ0) is 19.5. The SMILES string of the molecule is CC(C)[C@H](NC(=O)c1cc(-c2ccccn2)nc2ccccc12)c1cccs1. The van der Waals surface area contributed by atoms with Crippen molar-refractivity contribution in [3.8, 4) is 11.4 Å². The van der Waals surface area contributed by atoms with Crippen LogP contribution in [0.4, 0.5) is 0 Å². The molecule has 1 N–H and O–H groups in total. The standard InChI is InChI=1S/C23H21N3OS/c1-15(2)22(21-11-7-13-28-21)26-23(27)17-14-20(19-10-5-6-12-24-19)25-18-9-4-3-8-16(17)18/h3-15,22H,1-2H3,(H,26,27)/t22-/m0/s1. The van der Waals surface area contributed by atoms with Crippen molar-refractivity contribution >= 4 is 28.1 Å². The molecule has 0 spiro atoms. The highest BCUT2D eigenvalue weighted by molar-refractivity contribution is 7.10. The van der Waals surface area contributed by atoms with E-state index < -0.39 is 0 Å². The lowest BCUT2D eigenvalue weighted by molar-refractivity contribution is 0.0928. The quantitative estimate of drug-likeness (QED) is 0.493. The van der Waals surface area contributed by atoms with E-state index in [2.05, 4.69) is 30.2 Å². The van der Waals surface area contributed by atoms with Crippen molar-refractivity contribution in [3.63, 3.8) is 0 Å². The molecule has 0 saturated heterocycles. The number of aromatic nitrogens is 2. The minimum absolute atomic E-state index is 0.0299. The van der Waals surface area contributed by atoms with Gasteiger partial charge >= 0.3 is 0 Å². The lowest BCUT2D eigenvalue weighted by Gasteiger charge is -2.22. The Morgan fingerprint density at radius 1 is 1.00 bits per heavy atom. The maximum atomic E-state index is 13.3. The first kappa shape index (κ1) is 18.3. The summed E-state index contributed by atoms with van der Waals surface area (Å²) in [6.45, 7) is 4.24. The number of rotatable bonds is 5. The van der Waals surface area contributed by atoms with Gasteiger partial charge in [-0.05, 0) is 41.6 Å². The normalized spacial score (nSPS) is 12.2. The second-order valence-electron chi connectivity index (χ2n) is 7.00. The first-order valence-corrected chi connectivity index (χ1v) is 10.2. The molecule has 1 amide bonds. The van der Waals surface area contributed by atoms with E-state index in [0.29, 0.717) is 11.3 Å². The predicted octanol–water partition coefficient (Wildman–Crippen LogP) is 5.49. The van der Waals surface area contributed by atoms with Crippen LogP contribution in [0.25, 0.3) is 22.3 Å². The number of amides is 1. The van der Waals surface area contributed by atoms with Gasteiger partial charge in [-0.3, -0.25) is 9.78 Å². The van der Waals surface area contributed by atoms with Gasteiger partial charge in [0.2, 0.25) is 0 Å². The van der Waals surface area contributed by atoms with Gasteiger partial charge in [0, 0.05) is 16.5 Å². The molecule has 0 fully saturated rings. The Morgan fingerprint density at radius 2 is 1.82 bits per heavy atom. The molecule has 4 rings (SSSR count). The fourth-order valence-electron chi connectivity index (χ4n) is 3.26. The highest BCUT2D eigenvalue weighted by Crippen LogP contribution is 2.28. The summed E-state index contributed by atoms with van der Waals surface area (Å²) in [7, 11) is 0. The number of benzene rings is 1. The molecular formula is C23H21N3OS. The lowest BCUT2D eigenvalue weighted by atomic mass is 10.0. The van der Waals surface area contributed by atoms with Crippen LogP contribution in [0, 0.1) is 5.92 Å². The number of nitrogens with zero attached hydrogens (tertiary/aromatic N) is 2. The van der Waals surface area contributed by atoms with Gasteiger partial charge in [0.25, 0.3) is 5.91 Å². The minimum atomic E-state index is -0.0946. The number of nitrogens with one attached hydrogen (secondary N) is 1. The minimum Gasteiger partial charge on any atom is -0.344 e. The molecule has 0 saturated carbocycles. The van der Waals surface area contributed by atoms with Gasteiger partial charge in [-0.1, -0.05) is 44.2 Å². The van der Waals surface area contributed by atoms with Crippen molar-refractivity contribution in [2.45, 2.75) is 19.9 Å². The fraction of sp³-hybridized carbons (Fsp3) is 0.174. The van der Waals surface area contributed by atoms with Gasteiger partial charge in [0.05, 0.1) is 28.5 Å². The molecular weight excluding hydrogens is 366 g/mol. The summed E-state index contributed by atoms with van der Waals surface area (Å²) in [6.07, 6.45) is 1.73. The average Bonchev–Trinajstić information content (AvgIpc) is 3.26.